The van der Waals surface area contributed by atoms with Crippen LogP contribution in [0.25, 0.3) is 10.1 Å². The fraction of sp³-hybridized carbons (Fsp3) is 0.241. The predicted octanol–water partition coefficient (Wildman–Crippen LogP) is 8.60. The number of benzene rings is 3. The van der Waals surface area contributed by atoms with Crippen LogP contribution in [0.2, 0.25) is 10.0 Å². The number of ether oxygens (including phenoxy) is 2. The van der Waals surface area contributed by atoms with Gasteiger partial charge in [-0.05, 0) is 60.5 Å². The van der Waals surface area contributed by atoms with Gasteiger partial charge in [-0.2, -0.15) is 0 Å². The van der Waals surface area contributed by atoms with Gasteiger partial charge in [-0.15, -0.1) is 11.3 Å². The minimum Gasteiger partial charge on any atom is -0.493 e. The number of esters is 1. The Morgan fingerprint density at radius 1 is 1.08 bits per heavy atom. The van der Waals surface area contributed by atoms with E-state index in [9.17, 15) is 4.79 Å². The highest BCUT2D eigenvalue weighted by molar-refractivity contribution is 7.99. The van der Waals surface area contributed by atoms with Crippen molar-refractivity contribution < 1.29 is 19.1 Å². The van der Waals surface area contributed by atoms with Crippen LogP contribution in [0.4, 0.5) is 0 Å². The molecule has 2 atom stereocenters. The standard InChI is InChI=1S/C29H25Cl2NO4S2/c1-16(2)28-20(27(32-36-28)26-21(30)6-4-7-22(26)31)15-35-17-10-12-18(13-11-17)37-23-8-5-9-24-19(23)14-25(38-24)29(33)34-3/h4-14,16,20,28H,15H2,1-3H3. The second-order valence-electron chi connectivity index (χ2n) is 9.15. The van der Waals surface area contributed by atoms with E-state index in [0.717, 1.165) is 25.6 Å². The van der Waals surface area contributed by atoms with E-state index in [-0.39, 0.29) is 23.9 Å². The third kappa shape index (κ3) is 5.52. The van der Waals surface area contributed by atoms with E-state index in [4.69, 9.17) is 37.5 Å². The lowest BCUT2D eigenvalue weighted by Gasteiger charge is -2.22. The Balaban J connectivity index is 1.30. The first-order chi connectivity index (χ1) is 18.4. The molecule has 1 aliphatic rings. The van der Waals surface area contributed by atoms with Crippen LogP contribution in [0, 0.1) is 11.8 Å². The van der Waals surface area contributed by atoms with Gasteiger partial charge in [-0.25, -0.2) is 4.79 Å². The average molecular weight is 587 g/mol. The number of oxime groups is 1. The van der Waals surface area contributed by atoms with E-state index in [1.807, 2.05) is 48.5 Å². The average Bonchev–Trinajstić information content (AvgIpc) is 3.53. The molecule has 4 aromatic rings. The molecule has 196 valence electrons. The maximum Gasteiger partial charge on any atom is 0.348 e. The molecule has 2 heterocycles. The van der Waals surface area contributed by atoms with Crippen LogP contribution in [0.1, 0.15) is 29.1 Å². The number of rotatable bonds is 8. The van der Waals surface area contributed by atoms with Crippen LogP contribution >= 0.6 is 46.3 Å². The Bertz CT molecular complexity index is 1480. The summed E-state index contributed by atoms with van der Waals surface area (Å²) in [5, 5.41) is 6.47. The topological polar surface area (TPSA) is 57.1 Å². The number of nitrogens with zero attached hydrogens (tertiary/aromatic N) is 1. The van der Waals surface area contributed by atoms with Gasteiger partial charge in [-0.3, -0.25) is 0 Å². The Morgan fingerprint density at radius 3 is 2.47 bits per heavy atom. The van der Waals surface area contributed by atoms with Crippen LogP contribution < -0.4 is 4.74 Å². The lowest BCUT2D eigenvalue weighted by atomic mass is 9.87. The lowest BCUT2D eigenvalue weighted by Crippen LogP contribution is -2.33. The summed E-state index contributed by atoms with van der Waals surface area (Å²) in [5.41, 5.74) is 1.40. The smallest absolute Gasteiger partial charge is 0.348 e. The SMILES string of the molecule is COC(=O)c1cc2c(Sc3ccc(OCC4C(c5c(Cl)cccc5Cl)=NOC4C(C)C)cc3)cccc2s1. The summed E-state index contributed by atoms with van der Waals surface area (Å²) >= 11 is 16.0. The predicted molar refractivity (Wildman–Crippen MR) is 155 cm³/mol. The van der Waals surface area contributed by atoms with E-state index in [1.54, 1.807) is 23.9 Å². The van der Waals surface area contributed by atoms with Crippen LogP contribution in [-0.4, -0.2) is 31.5 Å². The zero-order valence-corrected chi connectivity index (χ0v) is 24.1. The van der Waals surface area contributed by atoms with Crippen molar-refractivity contribution in [2.24, 2.45) is 17.0 Å². The molecule has 0 fully saturated rings. The molecule has 0 radical (unpaired) electrons. The highest BCUT2D eigenvalue weighted by atomic mass is 35.5. The first-order valence-corrected chi connectivity index (χ1v) is 14.4. The summed E-state index contributed by atoms with van der Waals surface area (Å²) in [6.45, 7) is 4.57. The minimum absolute atomic E-state index is 0.123. The maximum atomic E-state index is 12.0. The molecule has 0 N–H and O–H groups in total. The van der Waals surface area contributed by atoms with Crippen LogP contribution in [0.5, 0.6) is 5.75 Å². The fourth-order valence-electron chi connectivity index (χ4n) is 4.39. The number of fused-ring (bicyclic) bond motifs is 1. The molecule has 2 unspecified atom stereocenters. The summed E-state index contributed by atoms with van der Waals surface area (Å²) in [5.74, 6) is 0.530. The molecule has 0 bridgehead atoms. The number of methoxy groups -OCH3 is 1. The number of carbonyl (C=O) groups excluding carboxylic acids is 1. The Kier molecular flexibility index (Phi) is 8.19. The van der Waals surface area contributed by atoms with Crippen LogP contribution in [-0.2, 0) is 9.57 Å². The van der Waals surface area contributed by atoms with Gasteiger partial charge in [0.1, 0.15) is 29.0 Å². The number of halogens is 2. The Labute approximate surface area is 239 Å². The zero-order valence-electron chi connectivity index (χ0n) is 20.9. The molecule has 1 aromatic heterocycles. The molecule has 0 spiro atoms. The van der Waals surface area contributed by atoms with Crippen molar-refractivity contribution in [3.8, 4) is 5.75 Å². The minimum atomic E-state index is -0.318. The van der Waals surface area contributed by atoms with Crippen molar-refractivity contribution in [1.82, 2.24) is 0 Å². The van der Waals surface area contributed by atoms with E-state index in [1.165, 1.54) is 18.4 Å². The number of carbonyl (C=O) groups is 1. The molecule has 9 heteroatoms. The van der Waals surface area contributed by atoms with Crippen molar-refractivity contribution in [3.63, 3.8) is 0 Å². The molecule has 0 saturated heterocycles. The molecule has 0 amide bonds. The van der Waals surface area contributed by atoms with Crippen molar-refractivity contribution in [1.29, 1.82) is 0 Å². The highest BCUT2D eigenvalue weighted by Crippen LogP contribution is 2.38. The zero-order chi connectivity index (χ0) is 26.8. The molecular weight excluding hydrogens is 561 g/mol. The summed E-state index contributed by atoms with van der Waals surface area (Å²) < 4.78 is 12.1. The van der Waals surface area contributed by atoms with Crippen molar-refractivity contribution in [2.45, 2.75) is 29.7 Å². The van der Waals surface area contributed by atoms with Gasteiger partial charge in [0.05, 0.1) is 23.1 Å². The first kappa shape index (κ1) is 26.9. The third-order valence-electron chi connectivity index (χ3n) is 6.29. The summed E-state index contributed by atoms with van der Waals surface area (Å²) in [6, 6.07) is 21.3. The Morgan fingerprint density at radius 2 is 1.79 bits per heavy atom. The summed E-state index contributed by atoms with van der Waals surface area (Å²) in [7, 11) is 1.40. The van der Waals surface area contributed by atoms with Gasteiger partial charge in [0, 0.05) is 25.4 Å². The van der Waals surface area contributed by atoms with Gasteiger partial charge in [0.25, 0.3) is 0 Å². The normalized spacial score (nSPS) is 16.9. The second-order valence-corrected chi connectivity index (χ2v) is 12.2. The Hall–Kier alpha value is -2.71. The van der Waals surface area contributed by atoms with E-state index in [0.29, 0.717) is 32.8 Å². The van der Waals surface area contributed by atoms with E-state index >= 15 is 0 Å². The molecule has 0 aliphatic carbocycles. The summed E-state index contributed by atoms with van der Waals surface area (Å²) in [6.07, 6.45) is -0.145. The van der Waals surface area contributed by atoms with Gasteiger partial charge >= 0.3 is 5.97 Å². The van der Waals surface area contributed by atoms with Gasteiger partial charge in [-0.1, -0.05) is 66.1 Å². The highest BCUT2D eigenvalue weighted by Gasteiger charge is 2.39. The van der Waals surface area contributed by atoms with E-state index in [2.05, 4.69) is 25.1 Å². The molecule has 0 saturated carbocycles. The van der Waals surface area contributed by atoms with Crippen LogP contribution in [0.3, 0.4) is 0 Å². The quantitative estimate of drug-likeness (QED) is 0.194. The molecule has 38 heavy (non-hydrogen) atoms. The molecule has 1 aliphatic heterocycles. The maximum absolute atomic E-state index is 12.0. The van der Waals surface area contributed by atoms with Gasteiger partial charge in [0.15, 0.2) is 0 Å². The van der Waals surface area contributed by atoms with Crippen molar-refractivity contribution >= 4 is 68.1 Å². The fourth-order valence-corrected chi connectivity index (χ4v) is 7.00. The molecule has 5 rings (SSSR count). The molecule has 5 nitrogen and oxygen atoms in total. The number of thiophene rings is 1. The lowest BCUT2D eigenvalue weighted by molar-refractivity contribution is 0.0178. The third-order valence-corrected chi connectivity index (χ3v) is 9.08. The first-order valence-electron chi connectivity index (χ1n) is 12.1. The van der Waals surface area contributed by atoms with Crippen LogP contribution in [0.15, 0.2) is 81.7 Å². The number of hydrogen-bond acceptors (Lipinski definition) is 7. The van der Waals surface area contributed by atoms with E-state index < -0.39 is 0 Å². The van der Waals surface area contributed by atoms with Gasteiger partial charge in [0.2, 0.25) is 0 Å². The molecular formula is C29H25Cl2NO4S2. The number of hydrogen-bond donors (Lipinski definition) is 0. The second kappa shape index (κ2) is 11.6. The van der Waals surface area contributed by atoms with Crippen molar-refractivity contribution in [2.75, 3.05) is 13.7 Å². The molecule has 3 aromatic carbocycles. The van der Waals surface area contributed by atoms with Gasteiger partial charge < -0.3 is 14.3 Å². The summed E-state index contributed by atoms with van der Waals surface area (Å²) in [4.78, 5) is 20.5. The monoisotopic (exact) mass is 585 g/mol. The largest absolute Gasteiger partial charge is 0.493 e. The van der Waals surface area contributed by atoms with Crippen molar-refractivity contribution in [3.05, 3.63) is 87.2 Å².